The number of carbonyl (C=O) groups is 1. The van der Waals surface area contributed by atoms with Crippen molar-refractivity contribution in [1.29, 1.82) is 0 Å². The molecule has 7 heteroatoms. The lowest BCUT2D eigenvalue weighted by atomic mass is 10.2. The molecule has 1 heterocycles. The van der Waals surface area contributed by atoms with Crippen molar-refractivity contribution in [3.63, 3.8) is 0 Å². The summed E-state index contributed by atoms with van der Waals surface area (Å²) in [5.74, 6) is 1.29. The van der Waals surface area contributed by atoms with Gasteiger partial charge < -0.3 is 9.64 Å². The Bertz CT molecular complexity index is 356. The van der Waals surface area contributed by atoms with Crippen LogP contribution in [-0.4, -0.2) is 46.9 Å². The highest BCUT2D eigenvalue weighted by Crippen LogP contribution is 2.26. The molecule has 1 atom stereocenters. The molecule has 22 heavy (non-hydrogen) atoms. The Morgan fingerprint density at radius 1 is 1.27 bits per heavy atom. The van der Waals surface area contributed by atoms with E-state index >= 15 is 0 Å². The second-order valence-corrected chi connectivity index (χ2v) is 7.81. The molecule has 3 nitrogen and oxygen atoms in total. The first-order valence-corrected chi connectivity index (χ1v) is 8.88. The Labute approximate surface area is 134 Å². The van der Waals surface area contributed by atoms with Crippen molar-refractivity contribution < 1.29 is 22.7 Å². The van der Waals surface area contributed by atoms with Gasteiger partial charge in [-0.1, -0.05) is 0 Å². The van der Waals surface area contributed by atoms with Crippen LogP contribution in [0, 0.1) is 0 Å². The first-order valence-electron chi connectivity index (χ1n) is 7.72. The number of rotatable bonds is 6. The van der Waals surface area contributed by atoms with E-state index in [1.165, 1.54) is 11.8 Å². The summed E-state index contributed by atoms with van der Waals surface area (Å²) in [5, 5.41) is 0. The highest BCUT2D eigenvalue weighted by atomic mass is 32.2. The highest BCUT2D eigenvalue weighted by Gasteiger charge is 2.31. The maximum absolute atomic E-state index is 12.1. The van der Waals surface area contributed by atoms with Gasteiger partial charge in [0.15, 0.2) is 0 Å². The lowest BCUT2D eigenvalue weighted by molar-refractivity contribution is -0.134. The largest absolute Gasteiger partial charge is 0.444 e. The van der Waals surface area contributed by atoms with Gasteiger partial charge in [-0.3, -0.25) is 0 Å². The van der Waals surface area contributed by atoms with Crippen molar-refractivity contribution in [3.8, 4) is 0 Å². The second kappa shape index (κ2) is 8.31. The number of ether oxygens (including phenoxy) is 1. The fourth-order valence-electron chi connectivity index (χ4n) is 2.39. The van der Waals surface area contributed by atoms with Crippen LogP contribution < -0.4 is 0 Å². The third-order valence-corrected chi connectivity index (χ3v) is 4.45. The molecular weight excluding hydrogens is 315 g/mol. The van der Waals surface area contributed by atoms with Gasteiger partial charge in [-0.05, 0) is 58.0 Å². The van der Waals surface area contributed by atoms with E-state index in [1.807, 2.05) is 20.8 Å². The van der Waals surface area contributed by atoms with Crippen LogP contribution in [0.25, 0.3) is 0 Å². The molecule has 1 unspecified atom stereocenters. The summed E-state index contributed by atoms with van der Waals surface area (Å²) in [6, 6.07) is 0.157. The van der Waals surface area contributed by atoms with E-state index in [0.717, 1.165) is 25.0 Å². The number of thioether (sulfide) groups is 1. The smallest absolute Gasteiger partial charge is 0.410 e. The van der Waals surface area contributed by atoms with Crippen LogP contribution in [0.5, 0.6) is 0 Å². The van der Waals surface area contributed by atoms with Gasteiger partial charge in [-0.15, -0.1) is 0 Å². The van der Waals surface area contributed by atoms with Gasteiger partial charge in [0.2, 0.25) is 0 Å². The first kappa shape index (κ1) is 19.5. The number of halogens is 3. The van der Waals surface area contributed by atoms with E-state index in [0.29, 0.717) is 12.3 Å². The van der Waals surface area contributed by atoms with Crippen molar-refractivity contribution in [2.24, 2.45) is 0 Å². The minimum atomic E-state index is -4.06. The number of nitrogens with zero attached hydrogens (tertiary/aromatic N) is 1. The third kappa shape index (κ3) is 8.15. The quantitative estimate of drug-likeness (QED) is 0.647. The molecule has 130 valence electrons. The normalized spacial score (nSPS) is 19.5. The molecule has 1 aliphatic rings. The summed E-state index contributed by atoms with van der Waals surface area (Å²) in [7, 11) is 0. The van der Waals surface area contributed by atoms with E-state index in [9.17, 15) is 18.0 Å². The molecule has 0 aromatic heterocycles. The molecule has 1 amide bonds. The molecule has 1 saturated heterocycles. The van der Waals surface area contributed by atoms with Crippen LogP contribution in [0.3, 0.4) is 0 Å². The average molecular weight is 341 g/mol. The number of likely N-dealkylation sites (tertiary alicyclic amines) is 1. The second-order valence-electron chi connectivity index (χ2n) is 6.59. The molecule has 0 saturated carbocycles. The Kier molecular flexibility index (Phi) is 7.35. The molecular formula is C15H26F3NO2S. The summed E-state index contributed by atoms with van der Waals surface area (Å²) in [6.07, 6.45) is -2.17. The predicted octanol–water partition coefficient (Wildman–Crippen LogP) is 4.85. The summed E-state index contributed by atoms with van der Waals surface area (Å²) in [5.41, 5.74) is -0.503. The lowest BCUT2D eigenvalue weighted by Crippen LogP contribution is -2.40. The van der Waals surface area contributed by atoms with Crippen LogP contribution >= 0.6 is 11.8 Å². The van der Waals surface area contributed by atoms with E-state index in [-0.39, 0.29) is 18.6 Å². The Morgan fingerprint density at radius 3 is 2.55 bits per heavy atom. The van der Waals surface area contributed by atoms with Crippen molar-refractivity contribution in [2.75, 3.05) is 18.1 Å². The number of hydrogen-bond donors (Lipinski definition) is 0. The van der Waals surface area contributed by atoms with Crippen LogP contribution in [-0.2, 0) is 4.74 Å². The van der Waals surface area contributed by atoms with E-state index in [4.69, 9.17) is 4.74 Å². The van der Waals surface area contributed by atoms with Gasteiger partial charge in [0.1, 0.15) is 5.60 Å². The maximum Gasteiger partial charge on any atom is 0.410 e. The summed E-state index contributed by atoms with van der Waals surface area (Å²) in [6.45, 7) is 6.23. The Balaban J connectivity index is 2.23. The summed E-state index contributed by atoms with van der Waals surface area (Å²) < 4.78 is 41.4. The maximum atomic E-state index is 12.1. The molecule has 0 aromatic rings. The van der Waals surface area contributed by atoms with E-state index in [2.05, 4.69) is 0 Å². The highest BCUT2D eigenvalue weighted by molar-refractivity contribution is 7.99. The molecule has 0 spiro atoms. The lowest BCUT2D eigenvalue weighted by Gasteiger charge is -2.28. The standard InChI is InChI=1S/C15H26F3NO2S/c1-14(2,3)21-13(20)19-9-4-6-12(19)7-11-22-10-5-8-15(16,17)18/h12H,4-11H2,1-3H3. The number of alkyl halides is 3. The van der Waals surface area contributed by atoms with Gasteiger partial charge in [-0.2, -0.15) is 24.9 Å². The van der Waals surface area contributed by atoms with Gasteiger partial charge in [0, 0.05) is 19.0 Å². The molecule has 0 aromatic carbocycles. The number of amides is 1. The number of hydrogen-bond acceptors (Lipinski definition) is 3. The predicted molar refractivity (Wildman–Crippen MR) is 83.2 cm³/mol. The van der Waals surface area contributed by atoms with Crippen LogP contribution in [0.1, 0.15) is 52.9 Å². The Hall–Kier alpha value is -0.590. The van der Waals surface area contributed by atoms with Gasteiger partial charge in [0.05, 0.1) is 0 Å². The van der Waals surface area contributed by atoms with Crippen molar-refractivity contribution in [1.82, 2.24) is 4.90 Å². The molecule has 0 aliphatic carbocycles. The SMILES string of the molecule is CC(C)(C)OC(=O)N1CCCC1CCSCCCC(F)(F)F. The first-order chi connectivity index (χ1) is 10.1. The zero-order valence-corrected chi connectivity index (χ0v) is 14.4. The molecule has 1 aliphatic heterocycles. The minimum absolute atomic E-state index is 0.157. The topological polar surface area (TPSA) is 29.5 Å². The molecule has 1 fully saturated rings. The third-order valence-electron chi connectivity index (χ3n) is 3.35. The zero-order chi connectivity index (χ0) is 16.8. The fourth-order valence-corrected chi connectivity index (χ4v) is 3.38. The molecule has 0 radical (unpaired) electrons. The summed E-state index contributed by atoms with van der Waals surface area (Å²) in [4.78, 5) is 13.9. The van der Waals surface area contributed by atoms with E-state index in [1.54, 1.807) is 4.90 Å². The van der Waals surface area contributed by atoms with Crippen molar-refractivity contribution in [3.05, 3.63) is 0 Å². The molecule has 1 rings (SSSR count). The molecule has 0 bridgehead atoms. The Morgan fingerprint density at radius 2 is 1.95 bits per heavy atom. The van der Waals surface area contributed by atoms with Crippen LogP contribution in [0.15, 0.2) is 0 Å². The number of carbonyl (C=O) groups excluding carboxylic acids is 1. The fraction of sp³-hybridized carbons (Fsp3) is 0.933. The monoisotopic (exact) mass is 341 g/mol. The van der Waals surface area contributed by atoms with Gasteiger partial charge in [-0.25, -0.2) is 4.79 Å². The van der Waals surface area contributed by atoms with Crippen LogP contribution in [0.4, 0.5) is 18.0 Å². The molecule has 0 N–H and O–H groups in total. The minimum Gasteiger partial charge on any atom is -0.444 e. The van der Waals surface area contributed by atoms with Crippen LogP contribution in [0.2, 0.25) is 0 Å². The van der Waals surface area contributed by atoms with Crippen molar-refractivity contribution in [2.45, 2.75) is 70.7 Å². The van der Waals surface area contributed by atoms with Gasteiger partial charge in [0.25, 0.3) is 0 Å². The zero-order valence-electron chi connectivity index (χ0n) is 13.5. The van der Waals surface area contributed by atoms with E-state index < -0.39 is 18.2 Å². The van der Waals surface area contributed by atoms with Crippen molar-refractivity contribution >= 4 is 17.9 Å². The summed E-state index contributed by atoms with van der Waals surface area (Å²) >= 11 is 1.53. The average Bonchev–Trinajstić information content (AvgIpc) is 2.78. The van der Waals surface area contributed by atoms with Gasteiger partial charge >= 0.3 is 12.3 Å².